The first kappa shape index (κ1) is 18.5. The highest BCUT2D eigenvalue weighted by atomic mass is 16.5. The summed E-state index contributed by atoms with van der Waals surface area (Å²) >= 11 is 0. The Bertz CT molecular complexity index is 814. The van der Waals surface area contributed by atoms with Crippen molar-refractivity contribution in [2.75, 3.05) is 56.2 Å². The molecule has 0 unspecified atom stereocenters. The van der Waals surface area contributed by atoms with E-state index >= 15 is 0 Å². The molecule has 148 valence electrons. The summed E-state index contributed by atoms with van der Waals surface area (Å²) in [6.07, 6.45) is 5.28. The number of carbonyl (C=O) groups excluding carboxylic acids is 1. The van der Waals surface area contributed by atoms with Crippen LogP contribution >= 0.6 is 0 Å². The van der Waals surface area contributed by atoms with Crippen LogP contribution in [0.15, 0.2) is 36.5 Å². The number of amides is 1. The van der Waals surface area contributed by atoms with Crippen molar-refractivity contribution in [2.45, 2.75) is 19.3 Å². The molecule has 3 heterocycles. The number of rotatable bonds is 4. The maximum absolute atomic E-state index is 13.0. The molecule has 0 saturated carbocycles. The molecule has 1 aromatic carbocycles. The Balaban J connectivity index is 1.41. The second-order valence-corrected chi connectivity index (χ2v) is 7.24. The zero-order valence-electron chi connectivity index (χ0n) is 16.4. The fourth-order valence-electron chi connectivity index (χ4n) is 3.92. The normalized spacial score (nSPS) is 17.5. The van der Waals surface area contributed by atoms with Gasteiger partial charge in [-0.25, -0.2) is 9.97 Å². The fourth-order valence-corrected chi connectivity index (χ4v) is 3.92. The molecule has 2 aliphatic heterocycles. The summed E-state index contributed by atoms with van der Waals surface area (Å²) < 4.78 is 5.47. The maximum Gasteiger partial charge on any atom is 0.272 e. The third-order valence-electron chi connectivity index (χ3n) is 5.49. The van der Waals surface area contributed by atoms with Crippen molar-refractivity contribution in [1.82, 2.24) is 14.9 Å². The van der Waals surface area contributed by atoms with Crippen molar-refractivity contribution in [1.29, 1.82) is 0 Å². The van der Waals surface area contributed by atoms with E-state index in [1.165, 1.54) is 6.42 Å². The highest BCUT2D eigenvalue weighted by Crippen LogP contribution is 2.28. The molecule has 2 aromatic rings. The minimum absolute atomic E-state index is 0.0136. The minimum Gasteiger partial charge on any atom is -0.495 e. The summed E-state index contributed by atoms with van der Waals surface area (Å²) in [4.78, 5) is 28.3. The van der Waals surface area contributed by atoms with Crippen molar-refractivity contribution in [3.63, 3.8) is 0 Å². The number of piperidine rings is 1. The molecule has 7 nitrogen and oxygen atoms in total. The van der Waals surface area contributed by atoms with E-state index in [0.29, 0.717) is 24.7 Å². The second kappa shape index (κ2) is 8.46. The Morgan fingerprint density at radius 2 is 1.68 bits per heavy atom. The van der Waals surface area contributed by atoms with Crippen LogP contribution in [-0.4, -0.2) is 67.2 Å². The average molecular weight is 381 g/mol. The van der Waals surface area contributed by atoms with Gasteiger partial charge in [-0.2, -0.15) is 0 Å². The number of benzene rings is 1. The first-order valence-electron chi connectivity index (χ1n) is 10.0. The summed E-state index contributed by atoms with van der Waals surface area (Å²) in [6, 6.07) is 9.74. The smallest absolute Gasteiger partial charge is 0.272 e. The molecular weight excluding hydrogens is 354 g/mol. The summed E-state index contributed by atoms with van der Waals surface area (Å²) in [5.74, 6) is 1.53. The summed E-state index contributed by atoms with van der Waals surface area (Å²) in [5.41, 5.74) is 1.56. The van der Waals surface area contributed by atoms with Gasteiger partial charge >= 0.3 is 0 Å². The molecular formula is C21H27N5O2. The van der Waals surface area contributed by atoms with Crippen LogP contribution in [-0.2, 0) is 0 Å². The Morgan fingerprint density at radius 3 is 2.43 bits per heavy atom. The quantitative estimate of drug-likeness (QED) is 0.811. The zero-order chi connectivity index (χ0) is 19.3. The molecule has 0 atom stereocenters. The van der Waals surface area contributed by atoms with Gasteiger partial charge in [-0.05, 0) is 37.5 Å². The lowest BCUT2D eigenvalue weighted by Crippen LogP contribution is -2.49. The average Bonchev–Trinajstić information content (AvgIpc) is 2.79. The van der Waals surface area contributed by atoms with Gasteiger partial charge in [-0.3, -0.25) is 4.79 Å². The molecule has 0 aliphatic carbocycles. The van der Waals surface area contributed by atoms with E-state index in [1.54, 1.807) is 19.4 Å². The molecule has 2 saturated heterocycles. The van der Waals surface area contributed by atoms with Crippen molar-refractivity contribution in [3.8, 4) is 5.75 Å². The Morgan fingerprint density at radius 1 is 0.929 bits per heavy atom. The number of carbonyl (C=O) groups is 1. The van der Waals surface area contributed by atoms with Gasteiger partial charge in [0.1, 0.15) is 11.4 Å². The standard InChI is InChI=1S/C21H27N5O2/c1-28-19-8-4-3-7-18(19)24-13-15-25(16-14-24)20(27)17-9-10-22-21(23-17)26-11-5-2-6-12-26/h3-4,7-10H,2,5-6,11-16H2,1H3. The number of para-hydroxylation sites is 2. The lowest BCUT2D eigenvalue weighted by atomic mass is 10.1. The van der Waals surface area contributed by atoms with Gasteiger partial charge in [-0.15, -0.1) is 0 Å². The number of ether oxygens (including phenoxy) is 1. The van der Waals surface area contributed by atoms with Crippen LogP contribution in [0, 0.1) is 0 Å². The monoisotopic (exact) mass is 381 g/mol. The van der Waals surface area contributed by atoms with E-state index in [-0.39, 0.29) is 5.91 Å². The first-order valence-corrected chi connectivity index (χ1v) is 10.0. The van der Waals surface area contributed by atoms with Crippen molar-refractivity contribution in [3.05, 3.63) is 42.2 Å². The fraction of sp³-hybridized carbons (Fsp3) is 0.476. The Kier molecular flexibility index (Phi) is 5.60. The SMILES string of the molecule is COc1ccccc1N1CCN(C(=O)c2ccnc(N3CCCCC3)n2)CC1. The second-order valence-electron chi connectivity index (χ2n) is 7.24. The van der Waals surface area contributed by atoms with Crippen LogP contribution in [0.2, 0.25) is 0 Å². The van der Waals surface area contributed by atoms with Crippen LogP contribution in [0.5, 0.6) is 5.75 Å². The number of aromatic nitrogens is 2. The van der Waals surface area contributed by atoms with E-state index in [2.05, 4.69) is 25.8 Å². The summed E-state index contributed by atoms with van der Waals surface area (Å²) in [6.45, 7) is 4.82. The molecule has 2 aliphatic rings. The molecule has 1 aromatic heterocycles. The third kappa shape index (κ3) is 3.88. The van der Waals surface area contributed by atoms with Crippen LogP contribution in [0.3, 0.4) is 0 Å². The van der Waals surface area contributed by atoms with E-state index in [4.69, 9.17) is 4.74 Å². The number of piperazine rings is 1. The van der Waals surface area contributed by atoms with Gasteiger partial charge in [0.2, 0.25) is 5.95 Å². The number of anilines is 2. The number of hydrogen-bond acceptors (Lipinski definition) is 6. The molecule has 1 amide bonds. The predicted molar refractivity (Wildman–Crippen MR) is 109 cm³/mol. The van der Waals surface area contributed by atoms with Crippen LogP contribution in [0.25, 0.3) is 0 Å². The molecule has 0 bridgehead atoms. The van der Waals surface area contributed by atoms with Crippen LogP contribution in [0.1, 0.15) is 29.8 Å². The zero-order valence-corrected chi connectivity index (χ0v) is 16.4. The lowest BCUT2D eigenvalue weighted by Gasteiger charge is -2.36. The first-order chi connectivity index (χ1) is 13.8. The Hall–Kier alpha value is -2.83. The maximum atomic E-state index is 13.0. The third-order valence-corrected chi connectivity index (χ3v) is 5.49. The van der Waals surface area contributed by atoms with Crippen molar-refractivity contribution >= 4 is 17.5 Å². The van der Waals surface area contributed by atoms with E-state index in [1.807, 2.05) is 23.1 Å². The minimum atomic E-state index is -0.0136. The van der Waals surface area contributed by atoms with Gasteiger partial charge in [0.25, 0.3) is 5.91 Å². The van der Waals surface area contributed by atoms with Gasteiger partial charge < -0.3 is 19.4 Å². The molecule has 2 fully saturated rings. The van der Waals surface area contributed by atoms with E-state index in [0.717, 1.165) is 50.5 Å². The van der Waals surface area contributed by atoms with Gasteiger partial charge in [0.15, 0.2) is 0 Å². The highest BCUT2D eigenvalue weighted by molar-refractivity contribution is 5.92. The Labute approximate surface area is 165 Å². The molecule has 0 N–H and O–H groups in total. The molecule has 7 heteroatoms. The van der Waals surface area contributed by atoms with Gasteiger partial charge in [-0.1, -0.05) is 12.1 Å². The molecule has 4 rings (SSSR count). The molecule has 28 heavy (non-hydrogen) atoms. The number of nitrogens with zero attached hydrogens (tertiary/aromatic N) is 5. The number of hydrogen-bond donors (Lipinski definition) is 0. The number of methoxy groups -OCH3 is 1. The molecule has 0 radical (unpaired) electrons. The summed E-state index contributed by atoms with van der Waals surface area (Å²) in [5, 5.41) is 0. The largest absolute Gasteiger partial charge is 0.495 e. The summed E-state index contributed by atoms with van der Waals surface area (Å²) in [7, 11) is 1.69. The highest BCUT2D eigenvalue weighted by Gasteiger charge is 2.25. The van der Waals surface area contributed by atoms with E-state index in [9.17, 15) is 4.79 Å². The van der Waals surface area contributed by atoms with E-state index < -0.39 is 0 Å². The van der Waals surface area contributed by atoms with Crippen LogP contribution in [0.4, 0.5) is 11.6 Å². The topological polar surface area (TPSA) is 61.8 Å². The molecule has 0 spiro atoms. The van der Waals surface area contributed by atoms with Crippen molar-refractivity contribution < 1.29 is 9.53 Å². The van der Waals surface area contributed by atoms with Gasteiger partial charge in [0, 0.05) is 45.5 Å². The van der Waals surface area contributed by atoms with Crippen LogP contribution < -0.4 is 14.5 Å². The lowest BCUT2D eigenvalue weighted by molar-refractivity contribution is 0.0740. The predicted octanol–water partition coefficient (Wildman–Crippen LogP) is 2.44. The van der Waals surface area contributed by atoms with Crippen molar-refractivity contribution in [2.24, 2.45) is 0 Å². The van der Waals surface area contributed by atoms with Gasteiger partial charge in [0.05, 0.1) is 12.8 Å².